The molecule has 2 N–H and O–H groups in total. The molecule has 0 bridgehead atoms. The predicted octanol–water partition coefficient (Wildman–Crippen LogP) is 2.87. The highest BCUT2D eigenvalue weighted by atomic mass is 16.2. The van der Waals surface area contributed by atoms with Gasteiger partial charge in [-0.2, -0.15) is 0 Å². The number of benzene rings is 1. The highest BCUT2D eigenvalue weighted by Gasteiger charge is 2.31. The van der Waals surface area contributed by atoms with Crippen LogP contribution in [0.2, 0.25) is 0 Å². The summed E-state index contributed by atoms with van der Waals surface area (Å²) >= 11 is 0. The number of hydrogen-bond acceptors (Lipinski definition) is 2. The molecule has 19 heavy (non-hydrogen) atoms. The van der Waals surface area contributed by atoms with Gasteiger partial charge in [0.15, 0.2) is 0 Å². The minimum atomic E-state index is -0.199. The molecule has 0 saturated heterocycles. The van der Waals surface area contributed by atoms with Crippen molar-refractivity contribution in [2.75, 3.05) is 0 Å². The Morgan fingerprint density at radius 2 is 1.95 bits per heavy atom. The maximum atomic E-state index is 12.4. The van der Waals surface area contributed by atoms with E-state index < -0.39 is 0 Å². The van der Waals surface area contributed by atoms with Crippen LogP contribution in [-0.2, 0) is 4.79 Å². The number of amides is 1. The van der Waals surface area contributed by atoms with Gasteiger partial charge in [-0.3, -0.25) is 4.79 Å². The molecular formula is C16H24N2O. The van der Waals surface area contributed by atoms with Crippen LogP contribution in [0, 0.1) is 0 Å². The Morgan fingerprint density at radius 3 is 2.42 bits per heavy atom. The predicted molar refractivity (Wildman–Crippen MR) is 77.6 cm³/mol. The van der Waals surface area contributed by atoms with Crippen LogP contribution >= 0.6 is 0 Å². The normalized spacial score (nSPS) is 17.1. The molecule has 0 aromatic heterocycles. The smallest absolute Gasteiger partial charge is 0.224 e. The van der Waals surface area contributed by atoms with Crippen molar-refractivity contribution in [2.45, 2.75) is 57.7 Å². The highest BCUT2D eigenvalue weighted by molar-refractivity contribution is 5.77. The molecule has 0 spiro atoms. The van der Waals surface area contributed by atoms with Gasteiger partial charge in [-0.25, -0.2) is 0 Å². The van der Waals surface area contributed by atoms with Gasteiger partial charge in [-0.05, 0) is 38.7 Å². The lowest BCUT2D eigenvalue weighted by atomic mass is 9.90. The van der Waals surface area contributed by atoms with E-state index >= 15 is 0 Å². The van der Waals surface area contributed by atoms with Gasteiger partial charge in [0.1, 0.15) is 0 Å². The third kappa shape index (κ3) is 3.35. The summed E-state index contributed by atoms with van der Waals surface area (Å²) in [6.07, 6.45) is 3.93. The Morgan fingerprint density at radius 1 is 1.32 bits per heavy atom. The standard InChI is InChI=1S/C16H24N2O/c1-12(2)18(14-9-6-10-14)16(19)11-15(17)13-7-4-3-5-8-13/h3-5,7-8,12,14-15H,6,9-11,17H2,1-2H3/t15-/m1/s1. The van der Waals surface area contributed by atoms with Crippen LogP contribution in [0.5, 0.6) is 0 Å². The van der Waals surface area contributed by atoms with Crippen LogP contribution in [0.3, 0.4) is 0 Å². The van der Waals surface area contributed by atoms with Gasteiger partial charge < -0.3 is 10.6 Å². The zero-order valence-electron chi connectivity index (χ0n) is 11.9. The average molecular weight is 260 g/mol. The minimum absolute atomic E-state index is 0.191. The first-order valence-electron chi connectivity index (χ1n) is 7.21. The van der Waals surface area contributed by atoms with Crippen molar-refractivity contribution < 1.29 is 4.79 Å². The second-order valence-corrected chi connectivity index (χ2v) is 5.70. The molecule has 0 unspecified atom stereocenters. The van der Waals surface area contributed by atoms with Crippen LogP contribution in [0.15, 0.2) is 30.3 Å². The molecule has 0 aliphatic heterocycles. The van der Waals surface area contributed by atoms with Gasteiger partial charge >= 0.3 is 0 Å². The van der Waals surface area contributed by atoms with Gasteiger partial charge in [0.05, 0.1) is 0 Å². The largest absolute Gasteiger partial charge is 0.337 e. The van der Waals surface area contributed by atoms with Crippen molar-refractivity contribution >= 4 is 5.91 Å². The Labute approximate surface area is 115 Å². The van der Waals surface area contributed by atoms with E-state index in [1.165, 1.54) is 6.42 Å². The van der Waals surface area contributed by atoms with Gasteiger partial charge in [0, 0.05) is 24.5 Å². The van der Waals surface area contributed by atoms with Gasteiger partial charge in [-0.1, -0.05) is 30.3 Å². The summed E-state index contributed by atoms with van der Waals surface area (Å²) in [5.74, 6) is 0.191. The summed E-state index contributed by atoms with van der Waals surface area (Å²) in [5.41, 5.74) is 7.18. The summed E-state index contributed by atoms with van der Waals surface area (Å²) < 4.78 is 0. The molecule has 3 heteroatoms. The number of nitrogens with zero attached hydrogens (tertiary/aromatic N) is 1. The highest BCUT2D eigenvalue weighted by Crippen LogP contribution is 2.28. The van der Waals surface area contributed by atoms with E-state index in [2.05, 4.69) is 13.8 Å². The number of carbonyl (C=O) groups excluding carboxylic acids is 1. The first-order chi connectivity index (χ1) is 9.09. The molecule has 1 aromatic rings. The van der Waals surface area contributed by atoms with E-state index in [0.717, 1.165) is 18.4 Å². The minimum Gasteiger partial charge on any atom is -0.337 e. The quantitative estimate of drug-likeness (QED) is 0.885. The number of nitrogens with two attached hydrogens (primary N) is 1. The summed E-state index contributed by atoms with van der Waals surface area (Å²) in [5, 5.41) is 0. The summed E-state index contributed by atoms with van der Waals surface area (Å²) in [7, 11) is 0. The second kappa shape index (κ2) is 6.20. The van der Waals surface area contributed by atoms with Crippen molar-refractivity contribution in [2.24, 2.45) is 5.73 Å². The van der Waals surface area contributed by atoms with Crippen molar-refractivity contribution in [1.29, 1.82) is 0 Å². The molecule has 1 aromatic carbocycles. The lowest BCUT2D eigenvalue weighted by Gasteiger charge is -2.40. The second-order valence-electron chi connectivity index (χ2n) is 5.70. The van der Waals surface area contributed by atoms with Crippen LogP contribution in [0.25, 0.3) is 0 Å². The monoisotopic (exact) mass is 260 g/mol. The van der Waals surface area contributed by atoms with E-state index in [4.69, 9.17) is 5.73 Å². The zero-order valence-corrected chi connectivity index (χ0v) is 11.9. The summed E-state index contributed by atoms with van der Waals surface area (Å²) in [6.45, 7) is 4.18. The van der Waals surface area contributed by atoms with Gasteiger partial charge in [-0.15, -0.1) is 0 Å². The molecule has 0 heterocycles. The average Bonchev–Trinajstić information content (AvgIpc) is 2.33. The first-order valence-corrected chi connectivity index (χ1v) is 7.21. The SMILES string of the molecule is CC(C)N(C(=O)C[C@@H](N)c1ccccc1)C1CCC1. The number of carbonyl (C=O) groups is 1. The summed E-state index contributed by atoms with van der Waals surface area (Å²) in [4.78, 5) is 14.5. The molecule has 1 saturated carbocycles. The Hall–Kier alpha value is -1.35. The Bertz CT molecular complexity index is 412. The zero-order chi connectivity index (χ0) is 13.8. The van der Waals surface area contributed by atoms with Crippen LogP contribution in [-0.4, -0.2) is 22.9 Å². The van der Waals surface area contributed by atoms with Crippen molar-refractivity contribution in [3.05, 3.63) is 35.9 Å². The van der Waals surface area contributed by atoms with Crippen LogP contribution in [0.4, 0.5) is 0 Å². The van der Waals surface area contributed by atoms with Crippen molar-refractivity contribution in [3.63, 3.8) is 0 Å². The van der Waals surface area contributed by atoms with Gasteiger partial charge in [0.25, 0.3) is 0 Å². The molecule has 1 fully saturated rings. The molecule has 1 aliphatic carbocycles. The third-order valence-electron chi connectivity index (χ3n) is 3.93. The fraction of sp³-hybridized carbons (Fsp3) is 0.562. The maximum Gasteiger partial charge on any atom is 0.224 e. The fourth-order valence-corrected chi connectivity index (χ4v) is 2.69. The Balaban J connectivity index is 1.98. The topological polar surface area (TPSA) is 46.3 Å². The molecular weight excluding hydrogens is 236 g/mol. The molecule has 1 amide bonds. The number of rotatable bonds is 5. The van der Waals surface area contributed by atoms with Crippen LogP contribution < -0.4 is 5.73 Å². The molecule has 1 atom stereocenters. The first kappa shape index (κ1) is 14.1. The molecule has 1 aliphatic rings. The Kier molecular flexibility index (Phi) is 4.59. The lowest BCUT2D eigenvalue weighted by Crippen LogP contribution is -2.48. The number of hydrogen-bond donors (Lipinski definition) is 1. The van der Waals surface area contributed by atoms with E-state index in [9.17, 15) is 4.79 Å². The van der Waals surface area contributed by atoms with E-state index in [-0.39, 0.29) is 18.0 Å². The third-order valence-corrected chi connectivity index (χ3v) is 3.93. The van der Waals surface area contributed by atoms with Crippen molar-refractivity contribution in [1.82, 2.24) is 4.90 Å². The van der Waals surface area contributed by atoms with E-state index in [0.29, 0.717) is 12.5 Å². The molecule has 2 rings (SSSR count). The molecule has 104 valence electrons. The van der Waals surface area contributed by atoms with E-state index in [1.54, 1.807) is 0 Å². The van der Waals surface area contributed by atoms with Crippen molar-refractivity contribution in [3.8, 4) is 0 Å². The van der Waals surface area contributed by atoms with Crippen LogP contribution in [0.1, 0.15) is 51.1 Å². The summed E-state index contributed by atoms with van der Waals surface area (Å²) in [6, 6.07) is 10.4. The van der Waals surface area contributed by atoms with Gasteiger partial charge in [0.2, 0.25) is 5.91 Å². The fourth-order valence-electron chi connectivity index (χ4n) is 2.69. The molecule has 0 radical (unpaired) electrons. The lowest BCUT2D eigenvalue weighted by molar-refractivity contribution is -0.137. The maximum absolute atomic E-state index is 12.4. The van der Waals surface area contributed by atoms with E-state index in [1.807, 2.05) is 35.2 Å². The molecule has 3 nitrogen and oxygen atoms in total.